The van der Waals surface area contributed by atoms with Crippen molar-refractivity contribution in [2.24, 2.45) is 5.14 Å². The summed E-state index contributed by atoms with van der Waals surface area (Å²) in [6.07, 6.45) is 0. The van der Waals surface area contributed by atoms with Gasteiger partial charge in [0.15, 0.2) is 0 Å². The Morgan fingerprint density at radius 2 is 1.74 bits per heavy atom. The van der Waals surface area contributed by atoms with Gasteiger partial charge in [-0.25, -0.2) is 13.6 Å². The molecule has 6 nitrogen and oxygen atoms in total. The third kappa shape index (κ3) is 3.61. The zero-order valence-electron chi connectivity index (χ0n) is 15.8. The molecule has 2 aromatic carbocycles. The Labute approximate surface area is 159 Å². The number of aromatic nitrogens is 1. The predicted octanol–water partition coefficient (Wildman–Crippen LogP) is 3.27. The van der Waals surface area contributed by atoms with Crippen LogP contribution in [-0.2, 0) is 10.0 Å². The van der Waals surface area contributed by atoms with Gasteiger partial charge in [0.2, 0.25) is 10.0 Å². The fraction of sp³-hybridized carbons (Fsp3) is 0.250. The van der Waals surface area contributed by atoms with E-state index in [1.165, 1.54) is 12.1 Å². The molecule has 1 amide bonds. The van der Waals surface area contributed by atoms with Crippen molar-refractivity contribution in [3.63, 3.8) is 0 Å². The molecule has 142 valence electrons. The number of nitrogens with zero attached hydrogens (tertiary/aromatic N) is 1. The predicted molar refractivity (Wildman–Crippen MR) is 106 cm³/mol. The maximum absolute atomic E-state index is 12.9. The molecule has 0 aliphatic carbocycles. The van der Waals surface area contributed by atoms with E-state index in [-0.39, 0.29) is 16.8 Å². The van der Waals surface area contributed by atoms with E-state index in [1.807, 2.05) is 39.0 Å². The van der Waals surface area contributed by atoms with E-state index in [4.69, 9.17) is 5.14 Å². The fourth-order valence-electron chi connectivity index (χ4n) is 3.13. The van der Waals surface area contributed by atoms with Gasteiger partial charge in [0.05, 0.1) is 10.9 Å². The first-order valence-electron chi connectivity index (χ1n) is 8.58. The number of nitrogens with one attached hydrogen (secondary N) is 1. The zero-order valence-corrected chi connectivity index (χ0v) is 16.6. The molecule has 7 heteroatoms. The Morgan fingerprint density at radius 1 is 1.11 bits per heavy atom. The number of amides is 1. The molecule has 3 rings (SSSR count). The molecule has 0 spiro atoms. The molecule has 0 unspecified atom stereocenters. The van der Waals surface area contributed by atoms with Crippen LogP contribution in [0.1, 0.15) is 40.1 Å². The first-order chi connectivity index (χ1) is 12.6. The van der Waals surface area contributed by atoms with Crippen LogP contribution in [0, 0.1) is 13.8 Å². The highest BCUT2D eigenvalue weighted by atomic mass is 32.2. The second kappa shape index (κ2) is 6.83. The van der Waals surface area contributed by atoms with Crippen LogP contribution < -0.4 is 5.14 Å². The summed E-state index contributed by atoms with van der Waals surface area (Å²) in [4.78, 5) is 17.9. The van der Waals surface area contributed by atoms with Crippen LogP contribution in [0.15, 0.2) is 47.4 Å². The van der Waals surface area contributed by atoms with E-state index in [0.717, 1.165) is 27.7 Å². The average Bonchev–Trinajstić information content (AvgIpc) is 2.93. The van der Waals surface area contributed by atoms with Crippen molar-refractivity contribution in [2.75, 3.05) is 7.05 Å². The number of benzene rings is 2. The normalized spacial score (nSPS) is 12.9. The van der Waals surface area contributed by atoms with Crippen LogP contribution in [-0.4, -0.2) is 31.3 Å². The lowest BCUT2D eigenvalue weighted by Gasteiger charge is -2.25. The number of fused-ring (bicyclic) bond motifs is 1. The maximum atomic E-state index is 12.9. The molecule has 0 aliphatic heterocycles. The number of carbonyl (C=O) groups excluding carboxylic acids is 1. The third-order valence-corrected chi connectivity index (χ3v) is 6.08. The first kappa shape index (κ1) is 19.1. The van der Waals surface area contributed by atoms with E-state index >= 15 is 0 Å². The Hall–Kier alpha value is -2.64. The van der Waals surface area contributed by atoms with Gasteiger partial charge in [-0.3, -0.25) is 4.79 Å². The molecule has 0 saturated heterocycles. The summed E-state index contributed by atoms with van der Waals surface area (Å²) in [6.45, 7) is 5.94. The summed E-state index contributed by atoms with van der Waals surface area (Å²) in [7, 11) is -2.00. The molecule has 3 N–H and O–H groups in total. The molecular weight excluding hydrogens is 362 g/mol. The van der Waals surface area contributed by atoms with Crippen molar-refractivity contribution < 1.29 is 13.2 Å². The van der Waals surface area contributed by atoms with Gasteiger partial charge in [-0.2, -0.15) is 0 Å². The minimum absolute atomic E-state index is 0.0520. The highest BCUT2D eigenvalue weighted by Gasteiger charge is 2.20. The zero-order chi connectivity index (χ0) is 19.9. The molecule has 0 radical (unpaired) electrons. The number of primary sulfonamides is 1. The SMILES string of the molecule is Cc1[nH]c2ccc(C(=O)N(C)[C@@H](C)c3ccc(S(N)(=O)=O)cc3)cc2c1C. The minimum Gasteiger partial charge on any atom is -0.358 e. The lowest BCUT2D eigenvalue weighted by Crippen LogP contribution is -2.29. The minimum atomic E-state index is -3.73. The maximum Gasteiger partial charge on any atom is 0.254 e. The largest absolute Gasteiger partial charge is 0.358 e. The monoisotopic (exact) mass is 385 g/mol. The second-order valence-corrected chi connectivity index (χ2v) is 8.40. The number of hydrogen-bond acceptors (Lipinski definition) is 3. The number of hydrogen-bond donors (Lipinski definition) is 2. The summed E-state index contributed by atoms with van der Waals surface area (Å²) >= 11 is 0. The molecule has 1 aromatic heterocycles. The van der Waals surface area contributed by atoms with Gasteiger partial charge in [-0.15, -0.1) is 0 Å². The van der Waals surface area contributed by atoms with Crippen LogP contribution in [0.4, 0.5) is 0 Å². The molecule has 3 aromatic rings. The number of aromatic amines is 1. The summed E-state index contributed by atoms with van der Waals surface area (Å²) in [5.41, 5.74) is 4.67. The molecular formula is C20H23N3O3S. The number of nitrogens with two attached hydrogens (primary N) is 1. The quantitative estimate of drug-likeness (QED) is 0.721. The van der Waals surface area contributed by atoms with Crippen molar-refractivity contribution in [3.05, 3.63) is 64.8 Å². The Bertz CT molecular complexity index is 1120. The average molecular weight is 385 g/mol. The highest BCUT2D eigenvalue weighted by Crippen LogP contribution is 2.26. The Morgan fingerprint density at radius 3 is 2.33 bits per heavy atom. The van der Waals surface area contributed by atoms with Crippen molar-refractivity contribution in [2.45, 2.75) is 31.7 Å². The van der Waals surface area contributed by atoms with Crippen LogP contribution in [0.25, 0.3) is 10.9 Å². The van der Waals surface area contributed by atoms with Gasteiger partial charge in [0.25, 0.3) is 5.91 Å². The van der Waals surface area contributed by atoms with Crippen molar-refractivity contribution in [1.29, 1.82) is 0 Å². The molecule has 27 heavy (non-hydrogen) atoms. The van der Waals surface area contributed by atoms with E-state index in [2.05, 4.69) is 4.98 Å². The van der Waals surface area contributed by atoms with Crippen LogP contribution in [0.5, 0.6) is 0 Å². The smallest absolute Gasteiger partial charge is 0.254 e. The molecule has 0 bridgehead atoms. The van der Waals surface area contributed by atoms with Crippen molar-refractivity contribution >= 4 is 26.8 Å². The van der Waals surface area contributed by atoms with E-state index in [9.17, 15) is 13.2 Å². The molecule has 0 fully saturated rings. The van der Waals surface area contributed by atoms with Gasteiger partial charge < -0.3 is 9.88 Å². The summed E-state index contributed by atoms with van der Waals surface area (Å²) in [5.74, 6) is -0.0989. The fourth-order valence-corrected chi connectivity index (χ4v) is 3.65. The van der Waals surface area contributed by atoms with Gasteiger partial charge in [0.1, 0.15) is 0 Å². The van der Waals surface area contributed by atoms with Gasteiger partial charge >= 0.3 is 0 Å². The van der Waals surface area contributed by atoms with E-state index in [0.29, 0.717) is 5.56 Å². The van der Waals surface area contributed by atoms with Gasteiger partial charge in [0, 0.05) is 29.2 Å². The van der Waals surface area contributed by atoms with Crippen molar-refractivity contribution in [1.82, 2.24) is 9.88 Å². The standard InChI is InChI=1S/C20H23N3O3S/c1-12-13(2)22-19-10-7-16(11-18(12)19)20(24)23(4)14(3)15-5-8-17(9-6-15)27(21,25)26/h5-11,14,22H,1-4H3,(H2,21,25,26)/t14-/m0/s1. The van der Waals surface area contributed by atoms with Crippen LogP contribution >= 0.6 is 0 Å². The number of rotatable bonds is 4. The third-order valence-electron chi connectivity index (χ3n) is 5.15. The second-order valence-electron chi connectivity index (χ2n) is 6.84. The highest BCUT2D eigenvalue weighted by molar-refractivity contribution is 7.89. The topological polar surface area (TPSA) is 96.3 Å². The van der Waals surface area contributed by atoms with Crippen LogP contribution in [0.2, 0.25) is 0 Å². The lowest BCUT2D eigenvalue weighted by molar-refractivity contribution is 0.0742. The van der Waals surface area contributed by atoms with Gasteiger partial charge in [-0.1, -0.05) is 12.1 Å². The number of carbonyl (C=O) groups is 1. The molecule has 0 aliphatic rings. The first-order valence-corrected chi connectivity index (χ1v) is 10.1. The van der Waals surface area contributed by atoms with E-state index in [1.54, 1.807) is 24.1 Å². The Balaban J connectivity index is 1.87. The number of H-pyrrole nitrogens is 1. The lowest BCUT2D eigenvalue weighted by atomic mass is 10.0. The number of aryl methyl sites for hydroxylation is 2. The van der Waals surface area contributed by atoms with Crippen molar-refractivity contribution in [3.8, 4) is 0 Å². The molecule has 0 saturated carbocycles. The number of sulfonamides is 1. The summed E-state index contributed by atoms with van der Waals surface area (Å²) < 4.78 is 22.8. The molecule has 1 heterocycles. The van der Waals surface area contributed by atoms with Crippen LogP contribution in [0.3, 0.4) is 0 Å². The summed E-state index contributed by atoms with van der Waals surface area (Å²) in [6, 6.07) is 11.7. The van der Waals surface area contributed by atoms with Gasteiger partial charge in [-0.05, 0) is 62.2 Å². The summed E-state index contributed by atoms with van der Waals surface area (Å²) in [5, 5.41) is 6.17. The molecule has 1 atom stereocenters. The Kier molecular flexibility index (Phi) is 4.84. The van der Waals surface area contributed by atoms with E-state index < -0.39 is 10.0 Å².